The quantitative estimate of drug-likeness (QED) is 0.378. The molecule has 194 valence electrons. The Bertz CT molecular complexity index is 1540. The standard InChI is InChI=1S/C27H30N6O3.ClH/c1-17(2)10-12-31-23-24(29-26(31)30-13-11-19-14-28-15-21(19)30)33(20-8-9-20)27(36)32(25(23)35)16-22(34)18-6-4-3-5-7-18;/h3-7,10,15,19-20,28H,8-9,11-14,16H2,1-2H3;1H. The van der Waals surface area contributed by atoms with Crippen molar-refractivity contribution in [2.45, 2.75) is 52.2 Å². The predicted molar refractivity (Wildman–Crippen MR) is 146 cm³/mol. The Morgan fingerprint density at radius 1 is 1.11 bits per heavy atom. The summed E-state index contributed by atoms with van der Waals surface area (Å²) in [6, 6.07) is 8.79. The highest BCUT2D eigenvalue weighted by Gasteiger charge is 2.37. The average molecular weight is 523 g/mol. The number of benzene rings is 1. The molecule has 9 nitrogen and oxygen atoms in total. The van der Waals surface area contributed by atoms with Crippen LogP contribution in [0.3, 0.4) is 0 Å². The summed E-state index contributed by atoms with van der Waals surface area (Å²) >= 11 is 0. The van der Waals surface area contributed by atoms with Gasteiger partial charge in [0, 0.05) is 49.1 Å². The van der Waals surface area contributed by atoms with E-state index in [0.717, 1.165) is 42.5 Å². The number of hydrogen-bond donors (Lipinski definition) is 1. The van der Waals surface area contributed by atoms with Gasteiger partial charge in [0.25, 0.3) is 5.56 Å². The third-order valence-electron chi connectivity index (χ3n) is 7.32. The molecular weight excluding hydrogens is 492 g/mol. The van der Waals surface area contributed by atoms with Crippen LogP contribution in [0, 0.1) is 5.92 Å². The zero-order chi connectivity index (χ0) is 25.0. The number of nitrogens with zero attached hydrogens (tertiary/aromatic N) is 5. The van der Waals surface area contributed by atoms with E-state index in [1.807, 2.05) is 30.7 Å². The number of anilines is 1. The molecule has 0 spiro atoms. The number of carbonyl (C=O) groups is 1. The number of Topliss-reactive ketones (excluding diaryl/α,β-unsaturated/α-hetero) is 1. The Morgan fingerprint density at radius 3 is 2.57 bits per heavy atom. The van der Waals surface area contributed by atoms with Crippen molar-refractivity contribution in [2.75, 3.05) is 18.0 Å². The van der Waals surface area contributed by atoms with Gasteiger partial charge in [-0.1, -0.05) is 42.0 Å². The van der Waals surface area contributed by atoms with Gasteiger partial charge in [-0.25, -0.2) is 4.79 Å². The Morgan fingerprint density at radius 2 is 1.86 bits per heavy atom. The molecule has 1 aromatic carbocycles. The number of imidazole rings is 1. The van der Waals surface area contributed by atoms with Crippen LogP contribution in [0.1, 0.15) is 49.5 Å². The summed E-state index contributed by atoms with van der Waals surface area (Å²) in [6.07, 6.45) is 6.82. The molecule has 0 bridgehead atoms. The van der Waals surface area contributed by atoms with Crippen LogP contribution in [0.4, 0.5) is 5.95 Å². The lowest BCUT2D eigenvalue weighted by Gasteiger charge is -2.19. The number of aromatic nitrogens is 4. The van der Waals surface area contributed by atoms with Crippen molar-refractivity contribution in [1.82, 2.24) is 24.0 Å². The molecule has 2 aromatic heterocycles. The van der Waals surface area contributed by atoms with Crippen LogP contribution in [-0.2, 0) is 13.1 Å². The van der Waals surface area contributed by atoms with Gasteiger partial charge < -0.3 is 14.8 Å². The number of fused-ring (bicyclic) bond motifs is 2. The molecule has 0 amide bonds. The second kappa shape index (κ2) is 9.70. The number of carbonyl (C=O) groups excluding carboxylic acids is 1. The SMILES string of the molecule is CC(C)=CCn1c(N2CCC3CNC=C32)nc2c1c(=O)n(CC(=O)c1ccccc1)c(=O)n2C1CC1.Cl. The summed E-state index contributed by atoms with van der Waals surface area (Å²) in [5, 5.41) is 3.32. The van der Waals surface area contributed by atoms with Crippen molar-refractivity contribution in [3.63, 3.8) is 0 Å². The molecule has 1 aliphatic carbocycles. The molecule has 2 fully saturated rings. The van der Waals surface area contributed by atoms with Gasteiger partial charge >= 0.3 is 5.69 Å². The number of nitrogens with one attached hydrogen (secondary N) is 1. The van der Waals surface area contributed by atoms with Crippen molar-refractivity contribution >= 4 is 35.3 Å². The summed E-state index contributed by atoms with van der Waals surface area (Å²) in [5.74, 6) is 0.835. The molecular formula is C27H31ClN6O3. The van der Waals surface area contributed by atoms with Crippen LogP contribution in [0.25, 0.3) is 11.2 Å². The van der Waals surface area contributed by atoms with E-state index in [0.29, 0.717) is 35.1 Å². The second-order valence-corrected chi connectivity index (χ2v) is 10.2. The molecule has 10 heteroatoms. The number of rotatable bonds is 7. The Labute approximate surface area is 220 Å². The number of halogens is 1. The van der Waals surface area contributed by atoms with E-state index in [9.17, 15) is 14.4 Å². The van der Waals surface area contributed by atoms with Crippen molar-refractivity contribution in [1.29, 1.82) is 0 Å². The van der Waals surface area contributed by atoms with Crippen LogP contribution in [0.2, 0.25) is 0 Å². The minimum absolute atomic E-state index is 0. The van der Waals surface area contributed by atoms with E-state index in [-0.39, 0.29) is 30.8 Å². The van der Waals surface area contributed by atoms with Gasteiger partial charge in [-0.2, -0.15) is 4.98 Å². The van der Waals surface area contributed by atoms with Crippen LogP contribution < -0.4 is 21.5 Å². The summed E-state index contributed by atoms with van der Waals surface area (Å²) in [4.78, 5) is 47.7. The smallest absolute Gasteiger partial charge is 0.333 e. The topological polar surface area (TPSA) is 94.2 Å². The van der Waals surface area contributed by atoms with Crippen LogP contribution >= 0.6 is 12.4 Å². The highest BCUT2D eigenvalue weighted by molar-refractivity contribution is 5.96. The van der Waals surface area contributed by atoms with E-state index in [4.69, 9.17) is 4.98 Å². The molecule has 3 aromatic rings. The third-order valence-corrected chi connectivity index (χ3v) is 7.32. The largest absolute Gasteiger partial charge is 0.389 e. The maximum absolute atomic E-state index is 13.9. The minimum atomic E-state index is -0.466. The van der Waals surface area contributed by atoms with Gasteiger partial charge in [-0.3, -0.25) is 18.7 Å². The number of ketones is 1. The zero-order valence-electron chi connectivity index (χ0n) is 21.0. The number of allylic oxidation sites excluding steroid dienone is 2. The Hall–Kier alpha value is -3.59. The fraction of sp³-hybridized carbons (Fsp3) is 0.407. The lowest BCUT2D eigenvalue weighted by atomic mass is 10.1. The van der Waals surface area contributed by atoms with Crippen molar-refractivity contribution < 1.29 is 4.79 Å². The van der Waals surface area contributed by atoms with E-state index >= 15 is 0 Å². The Balaban J connectivity index is 0.00000280. The molecule has 1 saturated carbocycles. The first-order chi connectivity index (χ1) is 17.4. The fourth-order valence-electron chi connectivity index (χ4n) is 5.26. The summed E-state index contributed by atoms with van der Waals surface area (Å²) in [6.45, 7) is 5.91. The first kappa shape index (κ1) is 25.1. The van der Waals surface area contributed by atoms with E-state index in [1.165, 1.54) is 5.70 Å². The lowest BCUT2D eigenvalue weighted by Crippen LogP contribution is -2.42. The number of hydrogen-bond acceptors (Lipinski definition) is 6. The maximum Gasteiger partial charge on any atom is 0.333 e. The molecule has 6 rings (SSSR count). The van der Waals surface area contributed by atoms with E-state index in [2.05, 4.69) is 16.3 Å². The van der Waals surface area contributed by atoms with Crippen molar-refractivity contribution in [3.05, 3.63) is 80.3 Å². The van der Waals surface area contributed by atoms with Crippen molar-refractivity contribution in [3.8, 4) is 0 Å². The molecule has 37 heavy (non-hydrogen) atoms. The maximum atomic E-state index is 13.9. The summed E-state index contributed by atoms with van der Waals surface area (Å²) in [5.41, 5.74) is 2.64. The van der Waals surface area contributed by atoms with Gasteiger partial charge in [-0.05, 0) is 33.1 Å². The summed E-state index contributed by atoms with van der Waals surface area (Å²) < 4.78 is 4.67. The van der Waals surface area contributed by atoms with Gasteiger partial charge in [0.2, 0.25) is 5.95 Å². The first-order valence-electron chi connectivity index (χ1n) is 12.6. The molecule has 2 aliphatic heterocycles. The highest BCUT2D eigenvalue weighted by Crippen LogP contribution is 2.38. The van der Waals surface area contributed by atoms with Gasteiger partial charge in [0.05, 0.1) is 6.54 Å². The second-order valence-electron chi connectivity index (χ2n) is 10.2. The van der Waals surface area contributed by atoms with Crippen molar-refractivity contribution in [2.24, 2.45) is 5.92 Å². The van der Waals surface area contributed by atoms with E-state index < -0.39 is 11.2 Å². The monoisotopic (exact) mass is 522 g/mol. The van der Waals surface area contributed by atoms with Gasteiger partial charge in [0.15, 0.2) is 16.9 Å². The van der Waals surface area contributed by atoms with Crippen LogP contribution in [0.5, 0.6) is 0 Å². The molecule has 4 heterocycles. The predicted octanol–water partition coefficient (Wildman–Crippen LogP) is 3.24. The molecule has 1 unspecified atom stereocenters. The molecule has 0 radical (unpaired) electrons. The first-order valence-corrected chi connectivity index (χ1v) is 12.6. The molecule has 1 saturated heterocycles. The Kier molecular flexibility index (Phi) is 6.58. The fourth-order valence-corrected chi connectivity index (χ4v) is 5.26. The molecule has 3 aliphatic rings. The van der Waals surface area contributed by atoms with Gasteiger partial charge in [-0.15, -0.1) is 12.4 Å². The highest BCUT2D eigenvalue weighted by atomic mass is 35.5. The zero-order valence-corrected chi connectivity index (χ0v) is 21.8. The van der Waals surface area contributed by atoms with Crippen LogP contribution in [-0.4, -0.2) is 37.6 Å². The van der Waals surface area contributed by atoms with Crippen LogP contribution in [0.15, 0.2) is 63.5 Å². The summed E-state index contributed by atoms with van der Waals surface area (Å²) in [7, 11) is 0. The molecule has 1 N–H and O–H groups in total. The third kappa shape index (κ3) is 4.31. The lowest BCUT2D eigenvalue weighted by molar-refractivity contribution is 0.0968. The average Bonchev–Trinajstić information content (AvgIpc) is 3.28. The molecule has 1 atom stereocenters. The normalized spacial score (nSPS) is 18.3. The minimum Gasteiger partial charge on any atom is -0.389 e. The van der Waals surface area contributed by atoms with E-state index in [1.54, 1.807) is 28.8 Å². The van der Waals surface area contributed by atoms with Gasteiger partial charge in [0.1, 0.15) is 0 Å².